The average molecular weight is 402 g/mol. The van der Waals surface area contributed by atoms with Crippen LogP contribution in [-0.4, -0.2) is 39.2 Å². The number of amides is 1. The van der Waals surface area contributed by atoms with E-state index < -0.39 is 11.7 Å². The molecule has 5 rings (SSSR count). The standard InChI is InChI=1S/C22H19FN6O/c23-16-4-6-20(25-12-16)26-22(30)21-18-10-14(3-5-19(18)27-28-21)15-9-17(13-24-11-15)29-7-1-2-8-29/h3-6,9-13H,1-2,7-8H2,(H,27,28)(H,25,26,30). The molecule has 4 heterocycles. The molecule has 4 aromatic rings. The van der Waals surface area contributed by atoms with E-state index in [2.05, 4.69) is 36.4 Å². The topological polar surface area (TPSA) is 86.8 Å². The highest BCUT2D eigenvalue weighted by atomic mass is 19.1. The van der Waals surface area contributed by atoms with Crippen molar-refractivity contribution in [2.24, 2.45) is 0 Å². The number of fused-ring (bicyclic) bond motifs is 1. The van der Waals surface area contributed by atoms with E-state index in [1.54, 1.807) is 0 Å². The van der Waals surface area contributed by atoms with Gasteiger partial charge in [-0.2, -0.15) is 5.10 Å². The Kier molecular flexibility index (Phi) is 4.59. The first-order valence-electron chi connectivity index (χ1n) is 9.79. The number of halogens is 1. The largest absolute Gasteiger partial charge is 0.370 e. The van der Waals surface area contributed by atoms with E-state index in [0.29, 0.717) is 5.39 Å². The summed E-state index contributed by atoms with van der Waals surface area (Å²) in [5.41, 5.74) is 4.04. The second-order valence-electron chi connectivity index (χ2n) is 7.27. The number of carbonyl (C=O) groups is 1. The van der Waals surface area contributed by atoms with E-state index in [1.807, 2.05) is 30.6 Å². The third-order valence-corrected chi connectivity index (χ3v) is 5.28. The van der Waals surface area contributed by atoms with Crippen molar-refractivity contribution in [2.75, 3.05) is 23.3 Å². The van der Waals surface area contributed by atoms with E-state index >= 15 is 0 Å². The van der Waals surface area contributed by atoms with E-state index in [9.17, 15) is 9.18 Å². The van der Waals surface area contributed by atoms with Crippen LogP contribution in [0.2, 0.25) is 0 Å². The molecule has 1 saturated heterocycles. The van der Waals surface area contributed by atoms with Crippen molar-refractivity contribution in [3.05, 3.63) is 66.5 Å². The predicted molar refractivity (Wildman–Crippen MR) is 113 cm³/mol. The van der Waals surface area contributed by atoms with Gasteiger partial charge in [0.15, 0.2) is 5.69 Å². The van der Waals surface area contributed by atoms with Crippen molar-refractivity contribution in [1.82, 2.24) is 20.2 Å². The number of nitrogens with zero attached hydrogens (tertiary/aromatic N) is 4. The number of aromatic amines is 1. The monoisotopic (exact) mass is 402 g/mol. The maximum atomic E-state index is 13.0. The molecule has 0 aliphatic carbocycles. The van der Waals surface area contributed by atoms with E-state index in [4.69, 9.17) is 0 Å². The van der Waals surface area contributed by atoms with Crippen molar-refractivity contribution in [3.8, 4) is 11.1 Å². The minimum absolute atomic E-state index is 0.252. The lowest BCUT2D eigenvalue weighted by atomic mass is 10.0. The number of pyridine rings is 2. The number of benzene rings is 1. The summed E-state index contributed by atoms with van der Waals surface area (Å²) in [5, 5.41) is 10.4. The smallest absolute Gasteiger partial charge is 0.277 e. The van der Waals surface area contributed by atoms with Gasteiger partial charge in [-0.05, 0) is 48.7 Å². The number of rotatable bonds is 4. The van der Waals surface area contributed by atoms with Crippen molar-refractivity contribution >= 4 is 28.3 Å². The Morgan fingerprint density at radius 2 is 1.90 bits per heavy atom. The molecule has 0 spiro atoms. The fraction of sp³-hybridized carbons (Fsp3) is 0.182. The molecule has 7 nitrogen and oxygen atoms in total. The van der Waals surface area contributed by atoms with Crippen LogP contribution in [0.1, 0.15) is 23.3 Å². The first-order chi connectivity index (χ1) is 14.7. The first kappa shape index (κ1) is 18.2. The normalized spacial score (nSPS) is 13.7. The zero-order valence-electron chi connectivity index (χ0n) is 16.1. The van der Waals surface area contributed by atoms with Crippen LogP contribution in [0.15, 0.2) is 55.0 Å². The predicted octanol–water partition coefficient (Wildman–Crippen LogP) is 4.01. The van der Waals surface area contributed by atoms with Gasteiger partial charge in [-0.1, -0.05) is 6.07 Å². The maximum absolute atomic E-state index is 13.0. The van der Waals surface area contributed by atoms with Crippen LogP contribution in [0, 0.1) is 5.82 Å². The van der Waals surface area contributed by atoms with Crippen LogP contribution in [0.4, 0.5) is 15.9 Å². The summed E-state index contributed by atoms with van der Waals surface area (Å²) in [5.74, 6) is -0.620. The molecule has 150 valence electrons. The van der Waals surface area contributed by atoms with Crippen LogP contribution >= 0.6 is 0 Å². The zero-order valence-corrected chi connectivity index (χ0v) is 16.1. The second kappa shape index (κ2) is 7.55. The lowest BCUT2D eigenvalue weighted by molar-refractivity contribution is 0.102. The van der Waals surface area contributed by atoms with Crippen LogP contribution in [-0.2, 0) is 0 Å². The average Bonchev–Trinajstić information content (AvgIpc) is 3.45. The van der Waals surface area contributed by atoms with Gasteiger partial charge in [0.25, 0.3) is 5.91 Å². The Morgan fingerprint density at radius 1 is 1.03 bits per heavy atom. The summed E-state index contributed by atoms with van der Waals surface area (Å²) in [7, 11) is 0. The molecule has 1 aromatic carbocycles. The van der Waals surface area contributed by atoms with E-state index in [0.717, 1.165) is 41.6 Å². The SMILES string of the molecule is O=C(Nc1ccc(F)cn1)c1n[nH]c2ccc(-c3cncc(N4CCCC4)c3)cc12. The van der Waals surface area contributed by atoms with Crippen LogP contribution in [0.3, 0.4) is 0 Å². The third kappa shape index (κ3) is 3.47. The molecule has 30 heavy (non-hydrogen) atoms. The van der Waals surface area contributed by atoms with Gasteiger partial charge in [0.1, 0.15) is 11.6 Å². The van der Waals surface area contributed by atoms with Crippen LogP contribution in [0.25, 0.3) is 22.0 Å². The lowest BCUT2D eigenvalue weighted by Crippen LogP contribution is -2.17. The molecule has 1 fully saturated rings. The van der Waals surface area contributed by atoms with Gasteiger partial charge in [-0.15, -0.1) is 0 Å². The van der Waals surface area contributed by atoms with Crippen molar-refractivity contribution in [2.45, 2.75) is 12.8 Å². The van der Waals surface area contributed by atoms with Gasteiger partial charge < -0.3 is 10.2 Å². The summed E-state index contributed by atoms with van der Waals surface area (Å²) in [6, 6.07) is 10.6. The van der Waals surface area contributed by atoms with Gasteiger partial charge in [-0.3, -0.25) is 14.9 Å². The van der Waals surface area contributed by atoms with Crippen molar-refractivity contribution < 1.29 is 9.18 Å². The summed E-state index contributed by atoms with van der Waals surface area (Å²) < 4.78 is 13.0. The molecule has 1 aliphatic heterocycles. The number of aromatic nitrogens is 4. The molecule has 0 atom stereocenters. The Labute approximate surface area is 172 Å². The first-order valence-corrected chi connectivity index (χ1v) is 9.79. The molecule has 3 aromatic heterocycles. The number of hydrogen-bond donors (Lipinski definition) is 2. The molecule has 8 heteroatoms. The number of H-pyrrole nitrogens is 1. The Balaban J connectivity index is 1.46. The maximum Gasteiger partial charge on any atom is 0.277 e. The zero-order chi connectivity index (χ0) is 20.5. The fourth-order valence-corrected chi connectivity index (χ4v) is 3.73. The highest BCUT2D eigenvalue weighted by molar-refractivity contribution is 6.11. The summed E-state index contributed by atoms with van der Waals surface area (Å²) in [6.45, 7) is 2.10. The quantitative estimate of drug-likeness (QED) is 0.539. The molecule has 0 saturated carbocycles. The molecule has 1 aliphatic rings. The summed E-state index contributed by atoms with van der Waals surface area (Å²) in [6.07, 6.45) is 7.17. The molecule has 2 N–H and O–H groups in total. The van der Waals surface area contributed by atoms with Crippen molar-refractivity contribution in [3.63, 3.8) is 0 Å². The number of hydrogen-bond acceptors (Lipinski definition) is 5. The number of carbonyl (C=O) groups excluding carboxylic acids is 1. The minimum Gasteiger partial charge on any atom is -0.370 e. The molecule has 0 radical (unpaired) electrons. The second-order valence-corrected chi connectivity index (χ2v) is 7.27. The van der Waals surface area contributed by atoms with Crippen LogP contribution in [0.5, 0.6) is 0 Å². The van der Waals surface area contributed by atoms with Gasteiger partial charge in [0, 0.05) is 30.2 Å². The van der Waals surface area contributed by atoms with Gasteiger partial charge >= 0.3 is 0 Å². The fourth-order valence-electron chi connectivity index (χ4n) is 3.73. The van der Waals surface area contributed by atoms with Gasteiger partial charge in [-0.25, -0.2) is 9.37 Å². The highest BCUT2D eigenvalue weighted by Gasteiger charge is 2.17. The minimum atomic E-state index is -0.465. The summed E-state index contributed by atoms with van der Waals surface area (Å²) in [4.78, 5) is 23.3. The van der Waals surface area contributed by atoms with Crippen molar-refractivity contribution in [1.29, 1.82) is 0 Å². The Hall–Kier alpha value is -3.81. The van der Waals surface area contributed by atoms with E-state index in [-0.39, 0.29) is 11.5 Å². The molecular formula is C22H19FN6O. The number of anilines is 2. The molecular weight excluding hydrogens is 383 g/mol. The van der Waals surface area contributed by atoms with Crippen LogP contribution < -0.4 is 10.2 Å². The molecule has 0 unspecified atom stereocenters. The number of nitrogens with one attached hydrogen (secondary N) is 2. The van der Waals surface area contributed by atoms with E-state index in [1.165, 1.54) is 25.0 Å². The highest BCUT2D eigenvalue weighted by Crippen LogP contribution is 2.29. The Morgan fingerprint density at radius 3 is 2.70 bits per heavy atom. The van der Waals surface area contributed by atoms with Gasteiger partial charge in [0.05, 0.1) is 23.6 Å². The summed E-state index contributed by atoms with van der Waals surface area (Å²) >= 11 is 0. The van der Waals surface area contributed by atoms with Gasteiger partial charge in [0.2, 0.25) is 0 Å². The molecule has 1 amide bonds. The molecule has 0 bridgehead atoms. The Bertz CT molecular complexity index is 1210. The third-order valence-electron chi connectivity index (χ3n) is 5.28. The lowest BCUT2D eigenvalue weighted by Gasteiger charge is -2.17.